The Morgan fingerprint density at radius 1 is 1.38 bits per heavy atom. The fourth-order valence-corrected chi connectivity index (χ4v) is 3.40. The average Bonchev–Trinajstić information content (AvgIpc) is 3.12. The summed E-state index contributed by atoms with van der Waals surface area (Å²) in [7, 11) is 1.55. The van der Waals surface area contributed by atoms with Crippen LogP contribution < -0.4 is 10.1 Å². The number of methoxy groups -OCH3 is 1. The van der Waals surface area contributed by atoms with Crippen molar-refractivity contribution in [2.24, 2.45) is 0 Å². The van der Waals surface area contributed by atoms with E-state index in [0.29, 0.717) is 29.3 Å². The van der Waals surface area contributed by atoms with Crippen molar-refractivity contribution in [1.29, 1.82) is 0 Å². The number of amides is 1. The van der Waals surface area contributed by atoms with Gasteiger partial charge in [0.05, 0.1) is 23.5 Å². The highest BCUT2D eigenvalue weighted by atomic mass is 35.5. The Morgan fingerprint density at radius 2 is 2.23 bits per heavy atom. The van der Waals surface area contributed by atoms with Crippen LogP contribution in [-0.4, -0.2) is 23.0 Å². The molecular formula is C19H18ClN3O2S. The summed E-state index contributed by atoms with van der Waals surface area (Å²) in [5, 5.41) is 6.38. The lowest BCUT2D eigenvalue weighted by atomic mass is 10.2. The Hall–Kier alpha value is -2.44. The first-order valence-electron chi connectivity index (χ1n) is 8.05. The molecule has 0 radical (unpaired) electrons. The summed E-state index contributed by atoms with van der Waals surface area (Å²) in [6.45, 7) is 1.88. The number of hydrogen-bond acceptors (Lipinski definition) is 5. The van der Waals surface area contributed by atoms with Gasteiger partial charge in [0, 0.05) is 47.3 Å². The minimum Gasteiger partial charge on any atom is -0.495 e. The summed E-state index contributed by atoms with van der Waals surface area (Å²) in [6, 6.07) is 7.35. The predicted molar refractivity (Wildman–Crippen MR) is 105 cm³/mol. The normalized spacial score (nSPS) is 10.6. The molecular weight excluding hydrogens is 370 g/mol. The highest BCUT2D eigenvalue weighted by Gasteiger charge is 2.12. The van der Waals surface area contributed by atoms with Gasteiger partial charge in [0.25, 0.3) is 0 Å². The maximum Gasteiger partial charge on any atom is 0.224 e. The van der Waals surface area contributed by atoms with Crippen LogP contribution in [0.3, 0.4) is 0 Å². The first-order valence-corrected chi connectivity index (χ1v) is 9.31. The number of thiazole rings is 1. The number of halogens is 1. The highest BCUT2D eigenvalue weighted by Crippen LogP contribution is 2.31. The van der Waals surface area contributed by atoms with Gasteiger partial charge in [-0.25, -0.2) is 4.98 Å². The Kier molecular flexibility index (Phi) is 5.85. The molecule has 3 rings (SSSR count). The topological polar surface area (TPSA) is 64.1 Å². The van der Waals surface area contributed by atoms with E-state index in [1.54, 1.807) is 36.9 Å². The van der Waals surface area contributed by atoms with E-state index < -0.39 is 0 Å². The number of aromatic nitrogens is 2. The third-order valence-electron chi connectivity index (χ3n) is 3.83. The molecule has 0 aliphatic rings. The van der Waals surface area contributed by atoms with Gasteiger partial charge >= 0.3 is 0 Å². The molecule has 3 aromatic rings. The Balaban J connectivity index is 1.62. The van der Waals surface area contributed by atoms with Crippen molar-refractivity contribution in [2.45, 2.75) is 19.8 Å². The minimum absolute atomic E-state index is 0.0943. The molecule has 0 atom stereocenters. The van der Waals surface area contributed by atoms with Crippen molar-refractivity contribution in [1.82, 2.24) is 9.97 Å². The maximum atomic E-state index is 12.3. The van der Waals surface area contributed by atoms with E-state index in [2.05, 4.69) is 15.3 Å². The summed E-state index contributed by atoms with van der Waals surface area (Å²) < 4.78 is 5.28. The molecule has 1 amide bonds. The van der Waals surface area contributed by atoms with Crippen LogP contribution in [0.5, 0.6) is 5.75 Å². The van der Waals surface area contributed by atoms with Crippen LogP contribution in [-0.2, 0) is 11.2 Å². The van der Waals surface area contributed by atoms with Gasteiger partial charge in [0.15, 0.2) is 0 Å². The lowest BCUT2D eigenvalue weighted by Crippen LogP contribution is -2.13. The van der Waals surface area contributed by atoms with Crippen molar-refractivity contribution in [3.8, 4) is 17.0 Å². The van der Waals surface area contributed by atoms with Gasteiger partial charge in [0.1, 0.15) is 5.75 Å². The van der Waals surface area contributed by atoms with Crippen LogP contribution in [0.25, 0.3) is 11.3 Å². The largest absolute Gasteiger partial charge is 0.495 e. The standard InChI is InChI=1S/C19H18ClN3O2S/c1-12-8-15(17(25-2)9-14(12)20)22-18(24)5-6-19-23-16(11-26-19)13-4-3-7-21-10-13/h3-4,7-11H,5-6H2,1-2H3,(H,22,24). The lowest BCUT2D eigenvalue weighted by Gasteiger charge is -2.12. The van der Waals surface area contributed by atoms with Crippen molar-refractivity contribution in [2.75, 3.05) is 12.4 Å². The summed E-state index contributed by atoms with van der Waals surface area (Å²) in [5.74, 6) is 0.449. The van der Waals surface area contributed by atoms with E-state index in [1.165, 1.54) is 0 Å². The number of carbonyl (C=O) groups excluding carboxylic acids is 1. The number of nitrogens with one attached hydrogen (secondary N) is 1. The molecule has 0 saturated heterocycles. The van der Waals surface area contributed by atoms with Gasteiger partial charge in [-0.15, -0.1) is 11.3 Å². The maximum absolute atomic E-state index is 12.3. The fraction of sp³-hybridized carbons (Fsp3) is 0.211. The third-order valence-corrected chi connectivity index (χ3v) is 5.15. The average molecular weight is 388 g/mol. The van der Waals surface area contributed by atoms with Crippen LogP contribution in [0.2, 0.25) is 5.02 Å². The summed E-state index contributed by atoms with van der Waals surface area (Å²) in [5.41, 5.74) is 3.35. The molecule has 1 aromatic carbocycles. The molecule has 26 heavy (non-hydrogen) atoms. The van der Waals surface area contributed by atoms with E-state index in [-0.39, 0.29) is 5.91 Å². The molecule has 2 heterocycles. The zero-order chi connectivity index (χ0) is 18.5. The molecule has 0 unspecified atom stereocenters. The molecule has 0 fully saturated rings. The molecule has 2 aromatic heterocycles. The number of anilines is 1. The number of rotatable bonds is 6. The second-order valence-corrected chi connectivity index (χ2v) is 7.07. The van der Waals surface area contributed by atoms with Crippen LogP contribution in [0.4, 0.5) is 5.69 Å². The number of pyridine rings is 1. The molecule has 1 N–H and O–H groups in total. The van der Waals surface area contributed by atoms with Gasteiger partial charge < -0.3 is 10.1 Å². The van der Waals surface area contributed by atoms with Crippen molar-refractivity contribution in [3.05, 3.63) is 57.6 Å². The van der Waals surface area contributed by atoms with Crippen molar-refractivity contribution < 1.29 is 9.53 Å². The van der Waals surface area contributed by atoms with Crippen LogP contribution in [0.1, 0.15) is 17.0 Å². The van der Waals surface area contributed by atoms with Crippen molar-refractivity contribution >= 4 is 34.5 Å². The van der Waals surface area contributed by atoms with E-state index in [0.717, 1.165) is 21.8 Å². The smallest absolute Gasteiger partial charge is 0.224 e. The molecule has 5 nitrogen and oxygen atoms in total. The van der Waals surface area contributed by atoms with Gasteiger partial charge in [0.2, 0.25) is 5.91 Å². The zero-order valence-electron chi connectivity index (χ0n) is 14.5. The Bertz CT molecular complexity index is 912. The number of benzene rings is 1. The zero-order valence-corrected chi connectivity index (χ0v) is 16.0. The van der Waals surface area contributed by atoms with Crippen LogP contribution >= 0.6 is 22.9 Å². The quantitative estimate of drug-likeness (QED) is 0.663. The number of ether oxygens (including phenoxy) is 1. The van der Waals surface area contributed by atoms with E-state index >= 15 is 0 Å². The Morgan fingerprint density at radius 3 is 2.96 bits per heavy atom. The van der Waals surface area contributed by atoms with E-state index in [4.69, 9.17) is 16.3 Å². The predicted octanol–water partition coefficient (Wildman–Crippen LogP) is 4.75. The van der Waals surface area contributed by atoms with E-state index in [9.17, 15) is 4.79 Å². The van der Waals surface area contributed by atoms with Crippen LogP contribution in [0, 0.1) is 6.92 Å². The first kappa shape index (κ1) is 18.4. The Labute approximate surface area is 161 Å². The molecule has 0 saturated carbocycles. The number of hydrogen-bond donors (Lipinski definition) is 1. The van der Waals surface area contributed by atoms with Gasteiger partial charge in [-0.1, -0.05) is 11.6 Å². The second kappa shape index (κ2) is 8.29. The summed E-state index contributed by atoms with van der Waals surface area (Å²) in [6.07, 6.45) is 4.42. The molecule has 0 aliphatic carbocycles. The molecule has 0 bridgehead atoms. The van der Waals surface area contributed by atoms with Gasteiger partial charge in [-0.2, -0.15) is 0 Å². The third kappa shape index (κ3) is 4.39. The molecule has 0 spiro atoms. The van der Waals surface area contributed by atoms with Gasteiger partial charge in [-0.05, 0) is 30.7 Å². The van der Waals surface area contributed by atoms with Gasteiger partial charge in [-0.3, -0.25) is 9.78 Å². The second-order valence-electron chi connectivity index (χ2n) is 5.72. The highest BCUT2D eigenvalue weighted by molar-refractivity contribution is 7.09. The SMILES string of the molecule is COc1cc(Cl)c(C)cc1NC(=O)CCc1nc(-c2cccnc2)cs1. The number of nitrogens with zero attached hydrogens (tertiary/aromatic N) is 2. The summed E-state index contributed by atoms with van der Waals surface area (Å²) >= 11 is 7.63. The monoisotopic (exact) mass is 387 g/mol. The van der Waals surface area contributed by atoms with Crippen LogP contribution in [0.15, 0.2) is 42.0 Å². The van der Waals surface area contributed by atoms with Crippen molar-refractivity contribution in [3.63, 3.8) is 0 Å². The number of aryl methyl sites for hydroxylation is 2. The molecule has 0 aliphatic heterocycles. The first-order chi connectivity index (χ1) is 12.6. The number of carbonyl (C=O) groups is 1. The van der Waals surface area contributed by atoms with E-state index in [1.807, 2.05) is 30.5 Å². The summed E-state index contributed by atoms with van der Waals surface area (Å²) in [4.78, 5) is 21.0. The molecule has 134 valence electrons. The minimum atomic E-state index is -0.0943. The fourth-order valence-electron chi connectivity index (χ4n) is 2.44. The lowest BCUT2D eigenvalue weighted by molar-refractivity contribution is -0.116. The molecule has 7 heteroatoms.